The number of carbonyl (C=O) groups excluding carboxylic acids is 5. The van der Waals surface area contributed by atoms with E-state index in [0.717, 1.165) is 37.7 Å². The Kier molecular flexibility index (Phi) is 15.9. The molecule has 66 heavy (non-hydrogen) atoms. The van der Waals surface area contributed by atoms with Crippen LogP contribution in [0, 0.1) is 37.0 Å². The second kappa shape index (κ2) is 21.4. The molecule has 1 aliphatic carbocycles. The number of aryl methyl sites for hydroxylation is 2. The summed E-state index contributed by atoms with van der Waals surface area (Å²) >= 11 is 0. The quantitative estimate of drug-likeness (QED) is 0.109. The molecule has 1 aliphatic heterocycles. The van der Waals surface area contributed by atoms with Crippen molar-refractivity contribution < 1.29 is 33.8 Å². The van der Waals surface area contributed by atoms with E-state index < -0.39 is 41.5 Å². The van der Waals surface area contributed by atoms with Crippen LogP contribution in [0.1, 0.15) is 136 Å². The van der Waals surface area contributed by atoms with E-state index >= 15 is 0 Å². The third-order valence-electron chi connectivity index (χ3n) is 13.0. The minimum absolute atomic E-state index is 0.0235. The molecule has 2 aliphatic rings. The van der Waals surface area contributed by atoms with Crippen LogP contribution in [0.4, 0.5) is 0 Å². The summed E-state index contributed by atoms with van der Waals surface area (Å²) in [6.07, 6.45) is 4.49. The molecule has 3 aromatic carbocycles. The minimum Gasteiger partial charge on any atom is -0.507 e. The second-order valence-electron chi connectivity index (χ2n) is 19.1. The molecule has 4 atom stereocenters. The van der Waals surface area contributed by atoms with Gasteiger partial charge in [-0.15, -0.1) is 0 Å². The van der Waals surface area contributed by atoms with E-state index in [2.05, 4.69) is 26.1 Å². The number of nitriles is 1. The van der Waals surface area contributed by atoms with E-state index in [1.165, 1.54) is 23.6 Å². The van der Waals surface area contributed by atoms with Crippen molar-refractivity contribution in [2.45, 2.75) is 136 Å². The van der Waals surface area contributed by atoms with Crippen LogP contribution in [0.3, 0.4) is 0 Å². The molecule has 4 bridgehead atoms. The summed E-state index contributed by atoms with van der Waals surface area (Å²) in [5.74, 6) is -3.10. The first kappa shape index (κ1) is 49.2. The molecule has 2 heterocycles. The normalized spacial score (nSPS) is 18.6. The molecule has 13 heteroatoms. The number of aromatic nitrogens is 2. The molecule has 4 N–H and O–H groups in total. The summed E-state index contributed by atoms with van der Waals surface area (Å²) in [4.78, 5) is 81.8. The number of carbonyl (C=O) groups is 5. The summed E-state index contributed by atoms with van der Waals surface area (Å²) < 4.78 is 6.60. The molecule has 1 aromatic heterocycles. The Bertz CT molecular complexity index is 2480. The van der Waals surface area contributed by atoms with E-state index in [0.29, 0.717) is 50.8 Å². The number of nitrogens with two attached hydrogens (primary N) is 1. The van der Waals surface area contributed by atoms with Gasteiger partial charge in [-0.25, -0.2) is 9.97 Å². The topological polar surface area (TPSA) is 206 Å². The number of phenolic OH excluding ortho intramolecular Hbond substituents is 1. The zero-order valence-corrected chi connectivity index (χ0v) is 39.4. The van der Waals surface area contributed by atoms with Gasteiger partial charge in [0, 0.05) is 61.3 Å². The van der Waals surface area contributed by atoms with E-state index in [-0.39, 0.29) is 73.9 Å². The smallest absolute Gasteiger partial charge is 0.226 e. The number of rotatable bonds is 13. The number of fused-ring (bicyclic) bond motifs is 5. The fourth-order valence-corrected chi connectivity index (χ4v) is 9.22. The Labute approximate surface area is 388 Å². The molecule has 0 saturated heterocycles. The van der Waals surface area contributed by atoms with Gasteiger partial charge in [0.2, 0.25) is 11.8 Å². The molecule has 6 rings (SSSR count). The van der Waals surface area contributed by atoms with Gasteiger partial charge in [0.1, 0.15) is 17.5 Å². The van der Waals surface area contributed by atoms with Crippen LogP contribution in [-0.2, 0) is 31.0 Å². The van der Waals surface area contributed by atoms with Crippen LogP contribution < -0.4 is 15.8 Å². The van der Waals surface area contributed by atoms with Crippen molar-refractivity contribution in [1.29, 1.82) is 5.26 Å². The number of phenols is 1. The van der Waals surface area contributed by atoms with Crippen molar-refractivity contribution >= 4 is 29.2 Å². The lowest BCUT2D eigenvalue weighted by Gasteiger charge is -2.32. The maximum Gasteiger partial charge on any atom is 0.226 e. The Morgan fingerprint density at radius 1 is 0.955 bits per heavy atom. The molecular weight excluding hydrogens is 833 g/mol. The maximum atomic E-state index is 14.8. The molecule has 13 nitrogen and oxygen atoms in total. The minimum atomic E-state index is -1.25. The van der Waals surface area contributed by atoms with Crippen molar-refractivity contribution in [3.05, 3.63) is 94.3 Å². The number of nitrogens with zero attached hydrogens (tertiary/aromatic N) is 4. The lowest BCUT2D eigenvalue weighted by molar-refractivity contribution is -0.142. The highest BCUT2D eigenvalue weighted by molar-refractivity contribution is 6.01. The number of Topliss-reactive ketones (excluding diaryl/α,β-unsaturated/α-hetero) is 3. The number of benzene rings is 3. The third-order valence-corrected chi connectivity index (χ3v) is 13.0. The van der Waals surface area contributed by atoms with Crippen molar-refractivity contribution in [2.75, 3.05) is 13.6 Å². The molecule has 0 unspecified atom stereocenters. The maximum absolute atomic E-state index is 14.8. The van der Waals surface area contributed by atoms with E-state index in [9.17, 15) is 34.3 Å². The van der Waals surface area contributed by atoms with E-state index in [4.69, 9.17) is 20.4 Å². The lowest BCUT2D eigenvalue weighted by Crippen LogP contribution is -2.46. The Morgan fingerprint density at radius 3 is 2.27 bits per heavy atom. The Morgan fingerprint density at radius 2 is 1.64 bits per heavy atom. The summed E-state index contributed by atoms with van der Waals surface area (Å²) in [7, 11) is 1.50. The van der Waals surface area contributed by atoms with Crippen LogP contribution in [0.2, 0.25) is 0 Å². The number of ketones is 3. The Balaban J connectivity index is 1.36. The van der Waals surface area contributed by atoms with Gasteiger partial charge >= 0.3 is 0 Å². The molecule has 1 fully saturated rings. The van der Waals surface area contributed by atoms with Crippen LogP contribution in [0.5, 0.6) is 11.5 Å². The van der Waals surface area contributed by atoms with Crippen LogP contribution in [0.15, 0.2) is 60.7 Å². The third kappa shape index (κ3) is 11.6. The molecule has 0 radical (unpaired) electrons. The highest BCUT2D eigenvalue weighted by Crippen LogP contribution is 2.41. The van der Waals surface area contributed by atoms with Gasteiger partial charge in [-0.2, -0.15) is 5.26 Å². The number of aromatic hydroxyl groups is 1. The summed E-state index contributed by atoms with van der Waals surface area (Å²) in [5.41, 5.74) is 11.2. The second-order valence-corrected chi connectivity index (χ2v) is 19.1. The zero-order valence-electron chi connectivity index (χ0n) is 39.4. The standard InChI is InChI=1S/C53H64N6O7/c1-31-26-46(63)49(59(7)52(65)37(23-25-55)30-45(62)48-32(2)56-50(57-33(48)3)35-16-19-38(20-17-35)53(4,5)6)36-18-21-43(60)40(29-36)41-27-34(15-22-47(41)66-39-12-9-8-10-13-39)28-42(58-51(31)64)44(61)14-11-24-54/h15-22,27,29,31,37,39,42,49,60H,8-14,23,25-26,28,30,55H2,1-7H3,(H,58,64)/t31-,37-,42+,49+/m1/s1. The van der Waals surface area contributed by atoms with Gasteiger partial charge in [-0.05, 0) is 105 Å². The number of hydrogen-bond donors (Lipinski definition) is 3. The fourth-order valence-electron chi connectivity index (χ4n) is 9.22. The number of ether oxygens (including phenoxy) is 1. The average molecular weight is 897 g/mol. The zero-order chi connectivity index (χ0) is 47.9. The summed E-state index contributed by atoms with van der Waals surface area (Å²) in [5, 5.41) is 23.7. The van der Waals surface area contributed by atoms with Gasteiger partial charge < -0.3 is 25.8 Å². The molecule has 0 spiro atoms. The van der Waals surface area contributed by atoms with Crippen molar-refractivity contribution in [3.8, 4) is 40.1 Å². The SMILES string of the molecule is Cc1nc(-c2ccc(C(C)(C)C)cc2)nc(C)c1C(=O)C[C@@H](CCN)C(=O)N(C)[C@@H]1C(=O)C[C@@H](C)C(=O)N[C@H](C(=O)CCC#N)Cc2ccc(OC3CCCCC3)c(c2)-c2cc1ccc2O. The van der Waals surface area contributed by atoms with E-state index in [1.54, 1.807) is 39.0 Å². The van der Waals surface area contributed by atoms with Crippen molar-refractivity contribution in [3.63, 3.8) is 0 Å². The van der Waals surface area contributed by atoms with Crippen LogP contribution >= 0.6 is 0 Å². The van der Waals surface area contributed by atoms with Crippen molar-refractivity contribution in [1.82, 2.24) is 20.2 Å². The lowest BCUT2D eigenvalue weighted by atomic mass is 9.86. The first-order chi connectivity index (χ1) is 31.4. The summed E-state index contributed by atoms with van der Waals surface area (Å²) in [6.45, 7) is 11.6. The molecule has 348 valence electrons. The van der Waals surface area contributed by atoms with E-state index in [1.807, 2.05) is 42.5 Å². The molecule has 2 amide bonds. The highest BCUT2D eigenvalue weighted by atomic mass is 16.5. The predicted octanol–water partition coefficient (Wildman–Crippen LogP) is 8.39. The van der Waals surface area contributed by atoms with Gasteiger partial charge in [0.25, 0.3) is 0 Å². The summed E-state index contributed by atoms with van der Waals surface area (Å²) in [6, 6.07) is 18.0. The highest BCUT2D eigenvalue weighted by Gasteiger charge is 2.37. The first-order valence-electron chi connectivity index (χ1n) is 23.2. The number of nitrogens with one attached hydrogen (secondary N) is 1. The van der Waals surface area contributed by atoms with Crippen LogP contribution in [-0.4, -0.2) is 74.9 Å². The average Bonchev–Trinajstić information content (AvgIpc) is 3.28. The number of amides is 2. The number of likely N-dealkylation sites (N-methyl/N-ethyl adjacent to an activating group) is 1. The molecule has 1 saturated carbocycles. The first-order valence-corrected chi connectivity index (χ1v) is 23.2. The van der Waals surface area contributed by atoms with Gasteiger partial charge in [-0.3, -0.25) is 24.0 Å². The van der Waals surface area contributed by atoms with Crippen LogP contribution in [0.25, 0.3) is 22.5 Å². The van der Waals surface area contributed by atoms with Gasteiger partial charge in [0.15, 0.2) is 23.2 Å². The largest absolute Gasteiger partial charge is 0.507 e. The Hall–Kier alpha value is -6.26. The fraction of sp³-hybridized carbons (Fsp3) is 0.472. The van der Waals surface area contributed by atoms with Gasteiger partial charge in [-0.1, -0.05) is 70.5 Å². The monoisotopic (exact) mass is 896 g/mol. The van der Waals surface area contributed by atoms with Crippen molar-refractivity contribution in [2.24, 2.45) is 17.6 Å². The molecule has 4 aromatic rings. The number of hydrogen-bond acceptors (Lipinski definition) is 11. The molecular formula is C53H64N6O7. The predicted molar refractivity (Wildman–Crippen MR) is 253 cm³/mol. The van der Waals surface area contributed by atoms with Gasteiger partial charge in [0.05, 0.1) is 35.2 Å².